The van der Waals surface area contributed by atoms with Gasteiger partial charge in [0.15, 0.2) is 17.4 Å². The molecule has 0 fully saturated rings. The molecular formula is C17H22IN7. The summed E-state index contributed by atoms with van der Waals surface area (Å²) in [4.78, 5) is 8.97. The van der Waals surface area contributed by atoms with Crippen LogP contribution in [0.25, 0.3) is 5.65 Å². The first-order chi connectivity index (χ1) is 11.8. The Morgan fingerprint density at radius 2 is 2.04 bits per heavy atom. The Bertz CT molecular complexity index is 844. The molecule has 25 heavy (non-hydrogen) atoms. The van der Waals surface area contributed by atoms with Crippen LogP contribution in [0.4, 0.5) is 0 Å². The molecule has 0 aromatic carbocycles. The van der Waals surface area contributed by atoms with Gasteiger partial charge in [-0.25, -0.2) is 4.99 Å². The molecule has 3 aromatic rings. The van der Waals surface area contributed by atoms with Crippen LogP contribution in [0.15, 0.2) is 47.7 Å². The van der Waals surface area contributed by atoms with Gasteiger partial charge in [-0.1, -0.05) is 12.1 Å². The van der Waals surface area contributed by atoms with Crippen molar-refractivity contribution < 1.29 is 0 Å². The van der Waals surface area contributed by atoms with Gasteiger partial charge in [0.05, 0.1) is 18.8 Å². The molecule has 0 unspecified atom stereocenters. The molecule has 0 aliphatic heterocycles. The van der Waals surface area contributed by atoms with E-state index in [1.165, 1.54) is 0 Å². The van der Waals surface area contributed by atoms with Crippen LogP contribution in [0.3, 0.4) is 0 Å². The highest BCUT2D eigenvalue weighted by atomic mass is 127. The maximum Gasteiger partial charge on any atom is 0.192 e. The molecule has 132 valence electrons. The largest absolute Gasteiger partial charge is 0.357 e. The second kappa shape index (κ2) is 9.30. The van der Waals surface area contributed by atoms with Crippen LogP contribution in [-0.2, 0) is 13.1 Å². The molecule has 7 nitrogen and oxygen atoms in total. The third kappa shape index (κ3) is 4.88. The van der Waals surface area contributed by atoms with Crippen molar-refractivity contribution in [1.29, 1.82) is 0 Å². The molecule has 3 rings (SSSR count). The average molecular weight is 451 g/mol. The van der Waals surface area contributed by atoms with Crippen LogP contribution in [0.1, 0.15) is 24.0 Å². The summed E-state index contributed by atoms with van der Waals surface area (Å²) in [6.07, 6.45) is 3.74. The fraction of sp³-hybridized carbons (Fsp3) is 0.294. The predicted molar refractivity (Wildman–Crippen MR) is 109 cm³/mol. The number of hydrogen-bond donors (Lipinski definition) is 2. The van der Waals surface area contributed by atoms with Gasteiger partial charge >= 0.3 is 0 Å². The topological polar surface area (TPSA) is 79.5 Å². The van der Waals surface area contributed by atoms with E-state index in [1.54, 1.807) is 6.20 Å². The molecule has 0 atom stereocenters. The average Bonchev–Trinajstić information content (AvgIpc) is 3.02. The van der Waals surface area contributed by atoms with Gasteiger partial charge in [0.1, 0.15) is 0 Å². The summed E-state index contributed by atoms with van der Waals surface area (Å²) in [5, 5.41) is 14.9. The molecule has 2 N–H and O–H groups in total. The zero-order valence-corrected chi connectivity index (χ0v) is 16.6. The lowest BCUT2D eigenvalue weighted by molar-refractivity contribution is 0.763. The van der Waals surface area contributed by atoms with Crippen molar-refractivity contribution in [3.05, 3.63) is 59.8 Å². The van der Waals surface area contributed by atoms with Crippen LogP contribution < -0.4 is 10.6 Å². The van der Waals surface area contributed by atoms with E-state index in [1.807, 2.05) is 54.8 Å². The summed E-state index contributed by atoms with van der Waals surface area (Å²) in [5.74, 6) is 1.57. The summed E-state index contributed by atoms with van der Waals surface area (Å²) in [5.41, 5.74) is 2.95. The minimum atomic E-state index is 0. The van der Waals surface area contributed by atoms with Crippen molar-refractivity contribution in [2.24, 2.45) is 4.99 Å². The summed E-state index contributed by atoms with van der Waals surface area (Å²) in [6.45, 7) is 5.94. The van der Waals surface area contributed by atoms with Crippen LogP contribution in [0, 0.1) is 6.92 Å². The molecule has 3 heterocycles. The van der Waals surface area contributed by atoms with Gasteiger partial charge in [0.2, 0.25) is 0 Å². The Labute approximate surface area is 164 Å². The molecule has 0 saturated carbocycles. The van der Waals surface area contributed by atoms with E-state index in [-0.39, 0.29) is 24.0 Å². The number of aryl methyl sites for hydroxylation is 1. The number of halogens is 1. The Morgan fingerprint density at radius 3 is 2.84 bits per heavy atom. The molecule has 8 heteroatoms. The van der Waals surface area contributed by atoms with Crippen molar-refractivity contribution in [2.75, 3.05) is 6.54 Å². The standard InChI is InChI=1S/C17H21N7.HI/c1-3-18-17(20-11-14-13(2)7-6-9-19-14)21-12-16-23-22-15-8-4-5-10-24(15)16;/h4-10H,3,11-12H2,1-2H3,(H2,18,20,21);1H. The highest BCUT2D eigenvalue weighted by Gasteiger charge is 2.06. The monoisotopic (exact) mass is 451 g/mol. The van der Waals surface area contributed by atoms with Gasteiger partial charge in [0.25, 0.3) is 0 Å². The Balaban J connectivity index is 0.00000225. The lowest BCUT2D eigenvalue weighted by Gasteiger charge is -2.10. The Kier molecular flexibility index (Phi) is 7.11. The zero-order valence-electron chi connectivity index (χ0n) is 14.3. The summed E-state index contributed by atoms with van der Waals surface area (Å²) >= 11 is 0. The van der Waals surface area contributed by atoms with Crippen molar-refractivity contribution in [2.45, 2.75) is 26.9 Å². The number of nitrogens with zero attached hydrogens (tertiary/aromatic N) is 5. The van der Waals surface area contributed by atoms with Gasteiger partial charge in [-0.3, -0.25) is 9.38 Å². The second-order valence-corrected chi connectivity index (χ2v) is 5.36. The molecule has 0 aliphatic rings. The van der Waals surface area contributed by atoms with Gasteiger partial charge in [-0.15, -0.1) is 34.2 Å². The maximum absolute atomic E-state index is 4.60. The van der Waals surface area contributed by atoms with Crippen LogP contribution in [-0.4, -0.2) is 32.1 Å². The van der Waals surface area contributed by atoms with Crippen molar-refractivity contribution in [3.8, 4) is 0 Å². The number of aromatic nitrogens is 4. The molecule has 0 radical (unpaired) electrons. The minimum absolute atomic E-state index is 0. The zero-order chi connectivity index (χ0) is 16.8. The predicted octanol–water partition coefficient (Wildman–Crippen LogP) is 2.31. The van der Waals surface area contributed by atoms with E-state index in [0.29, 0.717) is 13.1 Å². The van der Waals surface area contributed by atoms with Gasteiger partial charge in [-0.05, 0) is 37.6 Å². The first-order valence-corrected chi connectivity index (χ1v) is 7.99. The lowest BCUT2D eigenvalue weighted by Crippen LogP contribution is -2.37. The number of pyridine rings is 2. The SMILES string of the molecule is CCNC(=NCc1ncccc1C)NCc1nnc2ccccn12.I. The van der Waals surface area contributed by atoms with Crippen LogP contribution in [0.5, 0.6) is 0 Å². The normalized spacial score (nSPS) is 11.2. The van der Waals surface area contributed by atoms with Crippen molar-refractivity contribution in [1.82, 2.24) is 30.2 Å². The fourth-order valence-electron chi connectivity index (χ4n) is 2.35. The fourth-order valence-corrected chi connectivity index (χ4v) is 2.35. The molecular weight excluding hydrogens is 429 g/mol. The van der Waals surface area contributed by atoms with Crippen molar-refractivity contribution in [3.63, 3.8) is 0 Å². The van der Waals surface area contributed by atoms with Crippen LogP contribution in [0.2, 0.25) is 0 Å². The third-order valence-corrected chi connectivity index (χ3v) is 3.65. The second-order valence-electron chi connectivity index (χ2n) is 5.36. The number of hydrogen-bond acceptors (Lipinski definition) is 4. The van der Waals surface area contributed by atoms with Crippen LogP contribution >= 0.6 is 24.0 Å². The molecule has 0 aliphatic carbocycles. The third-order valence-electron chi connectivity index (χ3n) is 3.65. The smallest absolute Gasteiger partial charge is 0.192 e. The molecule has 3 aromatic heterocycles. The summed E-state index contributed by atoms with van der Waals surface area (Å²) in [7, 11) is 0. The van der Waals surface area contributed by atoms with E-state index in [4.69, 9.17) is 0 Å². The number of fused-ring (bicyclic) bond motifs is 1. The van der Waals surface area contributed by atoms with E-state index in [9.17, 15) is 0 Å². The van der Waals surface area contributed by atoms with E-state index < -0.39 is 0 Å². The van der Waals surface area contributed by atoms with E-state index in [0.717, 1.165) is 35.2 Å². The number of aliphatic imine (C=N–C) groups is 1. The summed E-state index contributed by atoms with van der Waals surface area (Å²) < 4.78 is 1.96. The van der Waals surface area contributed by atoms with Crippen molar-refractivity contribution >= 4 is 35.6 Å². The van der Waals surface area contributed by atoms with Gasteiger partial charge < -0.3 is 10.6 Å². The number of nitrogens with one attached hydrogen (secondary N) is 2. The van der Waals surface area contributed by atoms with E-state index in [2.05, 4.69) is 30.8 Å². The Hall–Kier alpha value is -2.23. The quantitative estimate of drug-likeness (QED) is 0.354. The highest BCUT2D eigenvalue weighted by Crippen LogP contribution is 2.05. The number of guanidine groups is 1. The minimum Gasteiger partial charge on any atom is -0.357 e. The molecule has 0 amide bonds. The molecule has 0 saturated heterocycles. The lowest BCUT2D eigenvalue weighted by atomic mass is 10.2. The maximum atomic E-state index is 4.60. The Morgan fingerprint density at radius 1 is 1.16 bits per heavy atom. The molecule has 0 bridgehead atoms. The van der Waals surface area contributed by atoms with Gasteiger partial charge in [0, 0.05) is 18.9 Å². The summed E-state index contributed by atoms with van der Waals surface area (Å²) in [6, 6.07) is 9.81. The van der Waals surface area contributed by atoms with Gasteiger partial charge in [-0.2, -0.15) is 0 Å². The van der Waals surface area contributed by atoms with E-state index >= 15 is 0 Å². The highest BCUT2D eigenvalue weighted by molar-refractivity contribution is 14.0. The first-order valence-electron chi connectivity index (χ1n) is 7.99. The first kappa shape index (κ1) is 19.1. The molecule has 0 spiro atoms. The number of rotatable bonds is 5.